The van der Waals surface area contributed by atoms with Gasteiger partial charge in [-0.1, -0.05) is 17.4 Å². The first-order valence-electron chi connectivity index (χ1n) is 5.96. The Kier molecular flexibility index (Phi) is 4.11. The Labute approximate surface area is 116 Å². The molecule has 2 N–H and O–H groups in total. The topological polar surface area (TPSA) is 72.1 Å². The van der Waals surface area contributed by atoms with Gasteiger partial charge in [0.25, 0.3) is 5.91 Å². The molecule has 0 saturated heterocycles. The number of likely N-dealkylation sites (N-methyl/N-ethyl adjacent to an activating group) is 1. The third-order valence-corrected chi connectivity index (χ3v) is 3.76. The van der Waals surface area contributed by atoms with Crippen molar-refractivity contribution in [1.29, 1.82) is 0 Å². The highest BCUT2D eigenvalue weighted by Crippen LogP contribution is 2.21. The van der Waals surface area contributed by atoms with Gasteiger partial charge in [0.2, 0.25) is 0 Å². The lowest BCUT2D eigenvalue weighted by atomic mass is 10.2. The predicted octanol–water partition coefficient (Wildman–Crippen LogP) is 1.74. The van der Waals surface area contributed by atoms with E-state index < -0.39 is 0 Å². The molecule has 2 heterocycles. The smallest absolute Gasteiger partial charge is 0.265 e. The van der Waals surface area contributed by atoms with Crippen LogP contribution in [-0.4, -0.2) is 34.4 Å². The maximum atomic E-state index is 12.2. The number of nitrogens with two attached hydrogens (primary N) is 1. The van der Waals surface area contributed by atoms with Crippen LogP contribution in [0.3, 0.4) is 0 Å². The van der Waals surface area contributed by atoms with Gasteiger partial charge in [-0.25, -0.2) is 4.98 Å². The number of nitrogens with zero attached hydrogens (tertiary/aromatic N) is 3. The molecule has 1 amide bonds. The van der Waals surface area contributed by atoms with Crippen molar-refractivity contribution in [3.63, 3.8) is 0 Å². The minimum Gasteiger partial charge on any atom is -0.375 e. The van der Waals surface area contributed by atoms with Crippen molar-refractivity contribution in [2.75, 3.05) is 19.3 Å². The van der Waals surface area contributed by atoms with E-state index >= 15 is 0 Å². The summed E-state index contributed by atoms with van der Waals surface area (Å²) in [7, 11) is 1.78. The van der Waals surface area contributed by atoms with E-state index in [1.165, 1.54) is 11.3 Å². The minimum absolute atomic E-state index is 0.0392. The van der Waals surface area contributed by atoms with E-state index in [-0.39, 0.29) is 5.91 Å². The number of nitrogen functional groups attached to an aromatic ring is 1. The zero-order valence-corrected chi connectivity index (χ0v) is 11.8. The Morgan fingerprint density at radius 1 is 1.47 bits per heavy atom. The van der Waals surface area contributed by atoms with Crippen LogP contribution in [0.25, 0.3) is 0 Å². The van der Waals surface area contributed by atoms with Crippen LogP contribution >= 0.6 is 11.3 Å². The van der Waals surface area contributed by atoms with E-state index in [0.717, 1.165) is 12.1 Å². The van der Waals surface area contributed by atoms with E-state index in [9.17, 15) is 4.79 Å². The molecule has 2 rings (SSSR count). The predicted molar refractivity (Wildman–Crippen MR) is 76.2 cm³/mol. The van der Waals surface area contributed by atoms with Gasteiger partial charge in [0, 0.05) is 31.9 Å². The number of thiazole rings is 1. The fraction of sp³-hybridized carbons (Fsp3) is 0.308. The maximum Gasteiger partial charge on any atom is 0.265 e. The summed E-state index contributed by atoms with van der Waals surface area (Å²) in [5.74, 6) is -0.0392. The average Bonchev–Trinajstić information content (AvgIpc) is 2.75. The summed E-state index contributed by atoms with van der Waals surface area (Å²) < 4.78 is 0. The van der Waals surface area contributed by atoms with E-state index in [4.69, 9.17) is 5.73 Å². The number of hydrogen-bond acceptors (Lipinski definition) is 5. The zero-order chi connectivity index (χ0) is 13.8. The molecular weight excluding hydrogens is 260 g/mol. The monoisotopic (exact) mass is 276 g/mol. The molecule has 2 aromatic rings. The van der Waals surface area contributed by atoms with Crippen molar-refractivity contribution in [1.82, 2.24) is 14.9 Å². The number of hydrogen-bond donors (Lipinski definition) is 1. The largest absolute Gasteiger partial charge is 0.375 e. The fourth-order valence-electron chi connectivity index (χ4n) is 1.72. The Morgan fingerprint density at radius 3 is 2.84 bits per heavy atom. The van der Waals surface area contributed by atoms with Gasteiger partial charge in [-0.3, -0.25) is 9.78 Å². The second kappa shape index (κ2) is 5.79. The maximum absolute atomic E-state index is 12.2. The fourth-order valence-corrected chi connectivity index (χ4v) is 2.55. The number of rotatable bonds is 4. The molecule has 0 fully saturated rings. The van der Waals surface area contributed by atoms with Gasteiger partial charge in [0.05, 0.1) is 5.69 Å². The summed E-state index contributed by atoms with van der Waals surface area (Å²) in [6.07, 6.45) is 2.49. The number of carbonyl (C=O) groups is 1. The lowest BCUT2D eigenvalue weighted by Gasteiger charge is -2.16. The molecule has 100 valence electrons. The number of aryl methyl sites for hydroxylation is 1. The number of carbonyl (C=O) groups excluding carboxylic acids is 1. The van der Waals surface area contributed by atoms with Crippen molar-refractivity contribution in [2.45, 2.75) is 13.3 Å². The first-order chi connectivity index (χ1) is 9.08. The number of amides is 1. The van der Waals surface area contributed by atoms with Crippen LogP contribution in [0.1, 0.15) is 21.1 Å². The Balaban J connectivity index is 1.98. The SMILES string of the molecule is Cc1nc(N)sc1C(=O)N(C)CCc1ccccn1. The van der Waals surface area contributed by atoms with Crippen LogP contribution in [-0.2, 0) is 6.42 Å². The number of pyridine rings is 1. The van der Waals surface area contributed by atoms with Crippen molar-refractivity contribution < 1.29 is 4.79 Å². The number of aromatic nitrogens is 2. The molecule has 0 saturated carbocycles. The van der Waals surface area contributed by atoms with Gasteiger partial charge >= 0.3 is 0 Å². The molecule has 0 spiro atoms. The van der Waals surface area contributed by atoms with Crippen LogP contribution in [0.2, 0.25) is 0 Å². The Morgan fingerprint density at radius 2 is 2.26 bits per heavy atom. The zero-order valence-electron chi connectivity index (χ0n) is 11.0. The van der Waals surface area contributed by atoms with E-state index in [1.807, 2.05) is 18.2 Å². The molecule has 0 unspecified atom stereocenters. The summed E-state index contributed by atoms with van der Waals surface area (Å²) in [4.78, 5) is 22.8. The molecule has 6 heteroatoms. The van der Waals surface area contributed by atoms with Crippen LogP contribution in [0.5, 0.6) is 0 Å². The first kappa shape index (κ1) is 13.5. The summed E-state index contributed by atoms with van der Waals surface area (Å²) in [5, 5.41) is 0.430. The van der Waals surface area contributed by atoms with Crippen molar-refractivity contribution in [3.05, 3.63) is 40.7 Å². The third kappa shape index (κ3) is 3.29. The normalized spacial score (nSPS) is 10.4. The molecule has 0 aromatic carbocycles. The lowest BCUT2D eigenvalue weighted by Crippen LogP contribution is -2.28. The third-order valence-electron chi connectivity index (χ3n) is 2.78. The standard InChI is InChI=1S/C13H16N4OS/c1-9-11(19-13(14)16-9)12(18)17(2)8-6-10-5-3-4-7-15-10/h3-5,7H,6,8H2,1-2H3,(H2,14,16). The van der Waals surface area contributed by atoms with E-state index in [0.29, 0.717) is 22.2 Å². The van der Waals surface area contributed by atoms with Crippen LogP contribution < -0.4 is 5.73 Å². The molecule has 5 nitrogen and oxygen atoms in total. The van der Waals surface area contributed by atoms with Gasteiger partial charge < -0.3 is 10.6 Å². The molecule has 0 aliphatic rings. The Hall–Kier alpha value is -1.95. The Bertz CT molecular complexity index is 567. The second-order valence-corrected chi connectivity index (χ2v) is 5.30. The van der Waals surface area contributed by atoms with Crippen molar-refractivity contribution >= 4 is 22.4 Å². The van der Waals surface area contributed by atoms with Crippen molar-refractivity contribution in [2.24, 2.45) is 0 Å². The van der Waals surface area contributed by atoms with Crippen LogP contribution in [0.15, 0.2) is 24.4 Å². The van der Waals surface area contributed by atoms with Gasteiger partial charge in [-0.05, 0) is 19.1 Å². The van der Waals surface area contributed by atoms with Gasteiger partial charge in [0.15, 0.2) is 5.13 Å². The molecule has 2 aromatic heterocycles. The molecule has 19 heavy (non-hydrogen) atoms. The molecular formula is C13H16N4OS. The molecule has 0 radical (unpaired) electrons. The van der Waals surface area contributed by atoms with Crippen LogP contribution in [0, 0.1) is 6.92 Å². The highest BCUT2D eigenvalue weighted by molar-refractivity contribution is 7.17. The van der Waals surface area contributed by atoms with Crippen molar-refractivity contribution in [3.8, 4) is 0 Å². The van der Waals surface area contributed by atoms with Gasteiger partial charge in [0.1, 0.15) is 4.88 Å². The average molecular weight is 276 g/mol. The van der Waals surface area contributed by atoms with E-state index in [1.54, 1.807) is 25.1 Å². The van der Waals surface area contributed by atoms with E-state index in [2.05, 4.69) is 9.97 Å². The van der Waals surface area contributed by atoms with Crippen LogP contribution in [0.4, 0.5) is 5.13 Å². The molecule has 0 aliphatic heterocycles. The highest BCUT2D eigenvalue weighted by Gasteiger charge is 2.18. The van der Waals surface area contributed by atoms with Gasteiger partial charge in [-0.15, -0.1) is 0 Å². The lowest BCUT2D eigenvalue weighted by molar-refractivity contribution is 0.0800. The molecule has 0 aliphatic carbocycles. The second-order valence-electron chi connectivity index (χ2n) is 4.26. The van der Waals surface area contributed by atoms with Gasteiger partial charge in [-0.2, -0.15) is 0 Å². The summed E-state index contributed by atoms with van der Waals surface area (Å²) >= 11 is 1.23. The minimum atomic E-state index is -0.0392. The summed E-state index contributed by atoms with van der Waals surface area (Å²) in [6, 6.07) is 5.77. The molecule has 0 atom stereocenters. The molecule has 0 bridgehead atoms. The first-order valence-corrected chi connectivity index (χ1v) is 6.78. The quantitative estimate of drug-likeness (QED) is 0.923. The number of anilines is 1. The summed E-state index contributed by atoms with van der Waals surface area (Å²) in [5.41, 5.74) is 7.28. The highest BCUT2D eigenvalue weighted by atomic mass is 32.1. The summed E-state index contributed by atoms with van der Waals surface area (Å²) in [6.45, 7) is 2.42.